The van der Waals surface area contributed by atoms with Crippen LogP contribution in [-0.4, -0.2) is 30.5 Å². The van der Waals surface area contributed by atoms with Gasteiger partial charge in [0.1, 0.15) is 12.4 Å². The molecule has 154 valence electrons. The number of nitrogens with one attached hydrogen (secondary N) is 1. The Hall–Kier alpha value is -2.59. The normalized spacial score (nSPS) is 12.8. The zero-order valence-electron chi connectivity index (χ0n) is 15.2. The molecule has 0 aliphatic carbocycles. The summed E-state index contributed by atoms with van der Waals surface area (Å²) in [6.45, 7) is 3.09. The first-order valence-electron chi connectivity index (χ1n) is 8.33. The molecule has 0 aliphatic rings. The lowest BCUT2D eigenvalue weighted by Crippen LogP contribution is -2.26. The van der Waals surface area contributed by atoms with Crippen molar-refractivity contribution in [2.24, 2.45) is 0 Å². The maximum Gasteiger partial charge on any atom is 0.435 e. The van der Waals surface area contributed by atoms with Gasteiger partial charge in [0.15, 0.2) is 5.69 Å². The first kappa shape index (κ1) is 21.1. The number of rotatable bonds is 5. The van der Waals surface area contributed by atoms with Crippen molar-refractivity contribution in [2.45, 2.75) is 32.6 Å². The zero-order chi connectivity index (χ0) is 21.3. The van der Waals surface area contributed by atoms with Gasteiger partial charge < -0.3 is 0 Å². The van der Waals surface area contributed by atoms with E-state index < -0.39 is 23.8 Å². The number of amides is 1. The Labute approximate surface area is 173 Å². The van der Waals surface area contributed by atoms with Gasteiger partial charge in [-0.15, -0.1) is 5.10 Å². The third-order valence-electron chi connectivity index (χ3n) is 4.11. The van der Waals surface area contributed by atoms with Crippen molar-refractivity contribution in [3.63, 3.8) is 0 Å². The Morgan fingerprint density at radius 2 is 1.90 bits per heavy atom. The van der Waals surface area contributed by atoms with Crippen LogP contribution in [0.1, 0.15) is 29.9 Å². The largest absolute Gasteiger partial charge is 0.435 e. The van der Waals surface area contributed by atoms with E-state index >= 15 is 0 Å². The SMILES string of the molecule is Cc1cc(C(F)(F)F)nn1C(C)C(=O)Nc1ncn(Cc2c(Cl)cccc2Cl)n1. The topological polar surface area (TPSA) is 77.6 Å². The van der Waals surface area contributed by atoms with Gasteiger partial charge in [0.05, 0.1) is 6.54 Å². The molecule has 0 saturated heterocycles. The van der Waals surface area contributed by atoms with E-state index in [2.05, 4.69) is 20.5 Å². The summed E-state index contributed by atoms with van der Waals surface area (Å²) >= 11 is 12.2. The number of hydrogen-bond acceptors (Lipinski definition) is 4. The van der Waals surface area contributed by atoms with Gasteiger partial charge in [-0.1, -0.05) is 29.3 Å². The highest BCUT2D eigenvalue weighted by Gasteiger charge is 2.35. The van der Waals surface area contributed by atoms with Crippen molar-refractivity contribution >= 4 is 35.1 Å². The van der Waals surface area contributed by atoms with Crippen molar-refractivity contribution in [3.8, 4) is 0 Å². The van der Waals surface area contributed by atoms with E-state index in [1.54, 1.807) is 18.2 Å². The Bertz CT molecular complexity index is 1030. The Morgan fingerprint density at radius 1 is 1.24 bits per heavy atom. The summed E-state index contributed by atoms with van der Waals surface area (Å²) in [6, 6.07) is 4.96. The predicted molar refractivity (Wildman–Crippen MR) is 101 cm³/mol. The van der Waals surface area contributed by atoms with Gasteiger partial charge in [-0.3, -0.25) is 14.8 Å². The van der Waals surface area contributed by atoms with Crippen LogP contribution in [0.25, 0.3) is 0 Å². The number of nitrogens with zero attached hydrogens (tertiary/aromatic N) is 5. The maximum absolute atomic E-state index is 12.8. The Balaban J connectivity index is 1.71. The summed E-state index contributed by atoms with van der Waals surface area (Å²) in [6.07, 6.45) is -3.21. The monoisotopic (exact) mass is 446 g/mol. The lowest BCUT2D eigenvalue weighted by Gasteiger charge is -2.13. The molecule has 0 radical (unpaired) electrons. The third-order valence-corrected chi connectivity index (χ3v) is 4.82. The summed E-state index contributed by atoms with van der Waals surface area (Å²) in [5.41, 5.74) is -0.223. The van der Waals surface area contributed by atoms with Crippen LogP contribution in [0.4, 0.5) is 19.1 Å². The molecule has 0 spiro atoms. The lowest BCUT2D eigenvalue weighted by molar-refractivity contribution is -0.141. The fraction of sp³-hybridized carbons (Fsp3) is 0.294. The zero-order valence-corrected chi connectivity index (χ0v) is 16.7. The second-order valence-corrected chi connectivity index (χ2v) is 7.06. The number of anilines is 1. The molecule has 1 atom stereocenters. The van der Waals surface area contributed by atoms with Crippen LogP contribution >= 0.6 is 23.2 Å². The van der Waals surface area contributed by atoms with Gasteiger partial charge in [0.25, 0.3) is 5.91 Å². The Kier molecular flexibility index (Phi) is 5.85. The number of halogens is 5. The number of hydrogen-bond donors (Lipinski definition) is 1. The highest BCUT2D eigenvalue weighted by molar-refractivity contribution is 6.35. The van der Waals surface area contributed by atoms with Gasteiger partial charge in [-0.2, -0.15) is 18.3 Å². The van der Waals surface area contributed by atoms with E-state index in [1.807, 2.05) is 0 Å². The van der Waals surface area contributed by atoms with E-state index in [9.17, 15) is 18.0 Å². The molecule has 1 amide bonds. The molecule has 3 rings (SSSR count). The van der Waals surface area contributed by atoms with Gasteiger partial charge >= 0.3 is 6.18 Å². The first-order chi connectivity index (χ1) is 13.6. The number of benzene rings is 1. The summed E-state index contributed by atoms with van der Waals surface area (Å²) in [5.74, 6) is -0.621. The smallest absolute Gasteiger partial charge is 0.291 e. The number of carbonyl (C=O) groups is 1. The van der Waals surface area contributed by atoms with Crippen LogP contribution in [0.5, 0.6) is 0 Å². The maximum atomic E-state index is 12.8. The minimum atomic E-state index is -4.59. The van der Waals surface area contributed by atoms with Gasteiger partial charge in [0.2, 0.25) is 5.95 Å². The van der Waals surface area contributed by atoms with Crippen LogP contribution in [-0.2, 0) is 17.5 Å². The first-order valence-corrected chi connectivity index (χ1v) is 9.08. The molecular weight excluding hydrogens is 432 g/mol. The van der Waals surface area contributed by atoms with Crippen LogP contribution in [0, 0.1) is 6.92 Å². The summed E-state index contributed by atoms with van der Waals surface area (Å²) in [7, 11) is 0. The summed E-state index contributed by atoms with van der Waals surface area (Å²) in [5, 5.41) is 11.0. The fourth-order valence-corrected chi connectivity index (χ4v) is 3.13. The number of alkyl halides is 3. The van der Waals surface area contributed by atoms with Crippen molar-refractivity contribution in [1.82, 2.24) is 24.5 Å². The number of aryl methyl sites for hydroxylation is 1. The van der Waals surface area contributed by atoms with Crippen molar-refractivity contribution in [1.29, 1.82) is 0 Å². The number of carbonyl (C=O) groups excluding carboxylic acids is 1. The second-order valence-electron chi connectivity index (χ2n) is 6.24. The highest BCUT2D eigenvalue weighted by atomic mass is 35.5. The van der Waals surface area contributed by atoms with Gasteiger partial charge in [-0.05, 0) is 32.0 Å². The van der Waals surface area contributed by atoms with Crippen LogP contribution in [0.15, 0.2) is 30.6 Å². The Morgan fingerprint density at radius 3 is 2.48 bits per heavy atom. The lowest BCUT2D eigenvalue weighted by atomic mass is 10.2. The van der Waals surface area contributed by atoms with E-state index in [0.717, 1.165) is 10.7 Å². The van der Waals surface area contributed by atoms with Gasteiger partial charge in [-0.25, -0.2) is 9.67 Å². The molecule has 1 N–H and O–H groups in total. The molecule has 2 heterocycles. The van der Waals surface area contributed by atoms with Gasteiger partial charge in [0, 0.05) is 21.3 Å². The average Bonchev–Trinajstić information content (AvgIpc) is 3.23. The molecule has 12 heteroatoms. The molecule has 1 aromatic carbocycles. The molecule has 29 heavy (non-hydrogen) atoms. The average molecular weight is 447 g/mol. The van der Waals surface area contributed by atoms with E-state index in [0.29, 0.717) is 15.6 Å². The standard InChI is InChI=1S/C17H15Cl2F3N6O/c1-9-6-14(17(20,21)22)25-28(9)10(2)15(29)24-16-23-8-27(26-16)7-11-12(18)4-3-5-13(11)19/h3-6,8,10H,7H2,1-2H3,(H,24,26,29). The van der Waals surface area contributed by atoms with Crippen molar-refractivity contribution < 1.29 is 18.0 Å². The minimum absolute atomic E-state index is 0.00844. The van der Waals surface area contributed by atoms with Crippen LogP contribution in [0.2, 0.25) is 10.0 Å². The number of aromatic nitrogens is 5. The molecular formula is C17H15Cl2F3N6O. The third kappa shape index (κ3) is 4.70. The summed E-state index contributed by atoms with van der Waals surface area (Å²) in [4.78, 5) is 16.4. The summed E-state index contributed by atoms with van der Waals surface area (Å²) < 4.78 is 40.9. The van der Waals surface area contributed by atoms with Crippen molar-refractivity contribution in [3.05, 3.63) is 57.6 Å². The van der Waals surface area contributed by atoms with Crippen LogP contribution in [0.3, 0.4) is 0 Å². The molecule has 0 saturated carbocycles. The molecule has 0 bridgehead atoms. The molecule has 3 aromatic rings. The van der Waals surface area contributed by atoms with Crippen molar-refractivity contribution in [2.75, 3.05) is 5.32 Å². The minimum Gasteiger partial charge on any atom is -0.291 e. The fourth-order valence-electron chi connectivity index (χ4n) is 2.62. The molecule has 2 aromatic heterocycles. The second kappa shape index (κ2) is 8.03. The molecule has 0 aliphatic heterocycles. The van der Waals surface area contributed by atoms with E-state index in [-0.39, 0.29) is 18.2 Å². The highest BCUT2D eigenvalue weighted by Crippen LogP contribution is 2.29. The van der Waals surface area contributed by atoms with E-state index in [4.69, 9.17) is 23.2 Å². The quantitative estimate of drug-likeness (QED) is 0.631. The molecule has 7 nitrogen and oxygen atoms in total. The molecule has 1 unspecified atom stereocenters. The van der Waals surface area contributed by atoms with Crippen LogP contribution < -0.4 is 5.32 Å². The molecule has 0 fully saturated rings. The van der Waals surface area contributed by atoms with E-state index in [1.165, 1.54) is 24.9 Å². The predicted octanol–water partition coefficient (Wildman–Crippen LogP) is 4.36.